The first-order chi connectivity index (χ1) is 8.70. The van der Waals surface area contributed by atoms with E-state index < -0.39 is 0 Å². The van der Waals surface area contributed by atoms with E-state index in [2.05, 4.69) is 12.2 Å². The van der Waals surface area contributed by atoms with Crippen LogP contribution >= 0.6 is 0 Å². The van der Waals surface area contributed by atoms with Crippen LogP contribution in [0.4, 0.5) is 0 Å². The van der Waals surface area contributed by atoms with E-state index in [1.165, 1.54) is 0 Å². The summed E-state index contributed by atoms with van der Waals surface area (Å²) in [5, 5.41) is 2.90. The van der Waals surface area contributed by atoms with Crippen LogP contribution in [0.5, 0.6) is 0 Å². The molecule has 0 spiro atoms. The minimum atomic E-state index is -0.372. The number of unbranched alkanes of at least 4 members (excludes halogenated alkanes) is 1. The highest BCUT2D eigenvalue weighted by Gasteiger charge is 2.46. The molecule has 0 radical (unpaired) electrons. The highest BCUT2D eigenvalue weighted by molar-refractivity contribution is 5.97. The van der Waals surface area contributed by atoms with Gasteiger partial charge < -0.3 is 10.2 Å². The summed E-state index contributed by atoms with van der Waals surface area (Å²) in [5.41, 5.74) is -0.241. The predicted molar refractivity (Wildman–Crippen MR) is 76.6 cm³/mol. The summed E-state index contributed by atoms with van der Waals surface area (Å²) in [5.74, 6) is 0.186. The molecule has 0 aliphatic carbocycles. The molecule has 1 aliphatic rings. The zero-order valence-electron chi connectivity index (χ0n) is 13.1. The molecule has 1 saturated heterocycles. The lowest BCUT2D eigenvalue weighted by Gasteiger charge is -2.45. The van der Waals surface area contributed by atoms with Crippen LogP contribution in [0.3, 0.4) is 0 Å². The number of carbonyl (C=O) groups is 2. The standard InChI is InChI=1S/C15H28N2O2/c1-7-8-9-17-12(15(4,5)6)13(18)16-11(10(2)3)14(17)19/h10-12H,7-9H2,1-6H3,(H,16,18). The van der Waals surface area contributed by atoms with Crippen LogP contribution in [0.15, 0.2) is 0 Å². The molecule has 110 valence electrons. The Morgan fingerprint density at radius 3 is 2.26 bits per heavy atom. The third-order valence-electron chi connectivity index (χ3n) is 3.65. The van der Waals surface area contributed by atoms with Gasteiger partial charge in [0.25, 0.3) is 0 Å². The van der Waals surface area contributed by atoms with E-state index in [0.717, 1.165) is 12.8 Å². The molecule has 0 saturated carbocycles. The topological polar surface area (TPSA) is 49.4 Å². The van der Waals surface area contributed by atoms with Crippen LogP contribution in [0.25, 0.3) is 0 Å². The maximum atomic E-state index is 12.6. The van der Waals surface area contributed by atoms with Gasteiger partial charge in [-0.2, -0.15) is 0 Å². The molecule has 1 heterocycles. The van der Waals surface area contributed by atoms with Crippen molar-refractivity contribution in [3.8, 4) is 0 Å². The van der Waals surface area contributed by atoms with Crippen LogP contribution in [0.1, 0.15) is 54.4 Å². The van der Waals surface area contributed by atoms with Gasteiger partial charge >= 0.3 is 0 Å². The molecule has 1 aliphatic heterocycles. The van der Waals surface area contributed by atoms with E-state index in [1.54, 1.807) is 4.90 Å². The summed E-state index contributed by atoms with van der Waals surface area (Å²) < 4.78 is 0. The lowest BCUT2D eigenvalue weighted by molar-refractivity contribution is -0.155. The average molecular weight is 268 g/mol. The fourth-order valence-electron chi connectivity index (χ4n) is 2.62. The van der Waals surface area contributed by atoms with Gasteiger partial charge in [-0.1, -0.05) is 48.0 Å². The summed E-state index contributed by atoms with van der Waals surface area (Å²) in [6, 6.07) is -0.732. The van der Waals surface area contributed by atoms with E-state index in [-0.39, 0.29) is 35.2 Å². The van der Waals surface area contributed by atoms with Gasteiger partial charge in [0, 0.05) is 6.54 Å². The van der Waals surface area contributed by atoms with Gasteiger partial charge in [0.15, 0.2) is 0 Å². The Labute approximate surface area is 116 Å². The van der Waals surface area contributed by atoms with Crippen molar-refractivity contribution in [1.82, 2.24) is 10.2 Å². The van der Waals surface area contributed by atoms with E-state index in [0.29, 0.717) is 6.54 Å². The van der Waals surface area contributed by atoms with Gasteiger partial charge in [-0.15, -0.1) is 0 Å². The monoisotopic (exact) mass is 268 g/mol. The number of piperazine rings is 1. The van der Waals surface area contributed by atoms with Crippen molar-refractivity contribution in [1.29, 1.82) is 0 Å². The molecule has 2 atom stereocenters. The van der Waals surface area contributed by atoms with Gasteiger partial charge in [-0.05, 0) is 17.8 Å². The zero-order chi connectivity index (χ0) is 14.8. The molecule has 1 fully saturated rings. The molecular weight excluding hydrogens is 240 g/mol. The van der Waals surface area contributed by atoms with Crippen molar-refractivity contribution in [3.05, 3.63) is 0 Å². The van der Waals surface area contributed by atoms with Crippen molar-refractivity contribution in [2.45, 2.75) is 66.5 Å². The normalized spacial score (nSPS) is 24.9. The molecule has 19 heavy (non-hydrogen) atoms. The Morgan fingerprint density at radius 2 is 1.84 bits per heavy atom. The third-order valence-corrected chi connectivity index (χ3v) is 3.65. The van der Waals surface area contributed by atoms with Gasteiger partial charge in [-0.25, -0.2) is 0 Å². The third kappa shape index (κ3) is 3.48. The number of hydrogen-bond acceptors (Lipinski definition) is 2. The molecule has 1 N–H and O–H groups in total. The second-order valence-electron chi connectivity index (χ2n) is 6.88. The Kier molecular flexibility index (Phi) is 4.99. The average Bonchev–Trinajstić information content (AvgIpc) is 2.27. The maximum Gasteiger partial charge on any atom is 0.246 e. The largest absolute Gasteiger partial charge is 0.342 e. The minimum Gasteiger partial charge on any atom is -0.342 e. The smallest absolute Gasteiger partial charge is 0.246 e. The zero-order valence-corrected chi connectivity index (χ0v) is 13.1. The number of hydrogen-bond donors (Lipinski definition) is 1. The minimum absolute atomic E-state index is 0.0121. The summed E-state index contributed by atoms with van der Waals surface area (Å²) >= 11 is 0. The SMILES string of the molecule is CCCCN1C(=O)C(C(C)C)NC(=O)C1C(C)(C)C. The van der Waals surface area contributed by atoms with Crippen LogP contribution < -0.4 is 5.32 Å². The summed E-state index contributed by atoms with van der Waals surface area (Å²) in [6.07, 6.45) is 1.96. The second-order valence-corrected chi connectivity index (χ2v) is 6.88. The first kappa shape index (κ1) is 16.0. The van der Waals surface area contributed by atoms with Crippen molar-refractivity contribution >= 4 is 11.8 Å². The first-order valence-electron chi connectivity index (χ1n) is 7.31. The molecule has 0 aromatic heterocycles. The number of amides is 2. The van der Waals surface area contributed by atoms with Crippen LogP contribution in [0, 0.1) is 11.3 Å². The lowest BCUT2D eigenvalue weighted by atomic mass is 9.82. The Morgan fingerprint density at radius 1 is 1.26 bits per heavy atom. The van der Waals surface area contributed by atoms with Gasteiger partial charge in [-0.3, -0.25) is 9.59 Å². The quantitative estimate of drug-likeness (QED) is 0.849. The van der Waals surface area contributed by atoms with Gasteiger partial charge in [0.05, 0.1) is 0 Å². The van der Waals surface area contributed by atoms with E-state index in [1.807, 2.05) is 34.6 Å². The molecule has 4 nitrogen and oxygen atoms in total. The molecule has 2 amide bonds. The Balaban J connectivity index is 3.04. The van der Waals surface area contributed by atoms with Gasteiger partial charge in [0.2, 0.25) is 11.8 Å². The number of nitrogens with zero attached hydrogens (tertiary/aromatic N) is 1. The number of nitrogens with one attached hydrogen (secondary N) is 1. The van der Waals surface area contributed by atoms with Crippen LogP contribution in [-0.4, -0.2) is 35.3 Å². The van der Waals surface area contributed by atoms with Crippen molar-refractivity contribution < 1.29 is 9.59 Å². The second kappa shape index (κ2) is 5.93. The Bertz CT molecular complexity index is 345. The number of rotatable bonds is 4. The Hall–Kier alpha value is -1.06. The predicted octanol–water partition coefficient (Wildman–Crippen LogP) is 2.18. The van der Waals surface area contributed by atoms with Crippen molar-refractivity contribution in [2.24, 2.45) is 11.3 Å². The molecule has 4 heteroatoms. The van der Waals surface area contributed by atoms with Crippen LogP contribution in [-0.2, 0) is 9.59 Å². The fourth-order valence-corrected chi connectivity index (χ4v) is 2.62. The molecule has 1 rings (SSSR count). The van der Waals surface area contributed by atoms with E-state index >= 15 is 0 Å². The summed E-state index contributed by atoms with van der Waals surface area (Å²) in [7, 11) is 0. The molecule has 0 aromatic carbocycles. The summed E-state index contributed by atoms with van der Waals surface area (Å²) in [4.78, 5) is 26.8. The molecule has 2 unspecified atom stereocenters. The van der Waals surface area contributed by atoms with E-state index in [9.17, 15) is 9.59 Å². The lowest BCUT2D eigenvalue weighted by Crippen LogP contribution is -2.67. The molecule has 0 aromatic rings. The molecule has 0 bridgehead atoms. The van der Waals surface area contributed by atoms with Crippen molar-refractivity contribution in [2.75, 3.05) is 6.54 Å². The fraction of sp³-hybridized carbons (Fsp3) is 0.867. The van der Waals surface area contributed by atoms with E-state index in [4.69, 9.17) is 0 Å². The summed E-state index contributed by atoms with van der Waals surface area (Å²) in [6.45, 7) is 12.8. The van der Waals surface area contributed by atoms with Crippen molar-refractivity contribution in [3.63, 3.8) is 0 Å². The van der Waals surface area contributed by atoms with Crippen LogP contribution in [0.2, 0.25) is 0 Å². The highest BCUT2D eigenvalue weighted by atomic mass is 16.2. The first-order valence-corrected chi connectivity index (χ1v) is 7.31. The van der Waals surface area contributed by atoms with Gasteiger partial charge in [0.1, 0.15) is 12.1 Å². The highest BCUT2D eigenvalue weighted by Crippen LogP contribution is 2.29. The maximum absolute atomic E-state index is 12.6. The molecular formula is C15H28N2O2. The number of carbonyl (C=O) groups excluding carboxylic acids is 2.